The zero-order valence-corrected chi connectivity index (χ0v) is 10.9. The third-order valence-corrected chi connectivity index (χ3v) is 3.38. The van der Waals surface area contributed by atoms with Crippen molar-refractivity contribution in [1.82, 2.24) is 25.4 Å². The van der Waals surface area contributed by atoms with Gasteiger partial charge in [-0.25, -0.2) is 4.79 Å². The molecule has 1 unspecified atom stereocenters. The van der Waals surface area contributed by atoms with Gasteiger partial charge in [0.1, 0.15) is 6.33 Å². The van der Waals surface area contributed by atoms with E-state index in [0.717, 1.165) is 0 Å². The largest absolute Gasteiger partial charge is 0.481 e. The van der Waals surface area contributed by atoms with Crippen LogP contribution in [0.25, 0.3) is 0 Å². The smallest absolute Gasteiger partial charge is 0.315 e. The number of aliphatic carboxylic acids is 1. The molecule has 1 aliphatic rings. The number of carboxylic acids is 1. The van der Waals surface area contributed by atoms with E-state index in [-0.39, 0.29) is 12.6 Å². The van der Waals surface area contributed by atoms with Gasteiger partial charge in [-0.15, -0.1) is 10.2 Å². The summed E-state index contributed by atoms with van der Waals surface area (Å²) in [4.78, 5) is 22.6. The van der Waals surface area contributed by atoms with Crippen LogP contribution in [-0.2, 0) is 11.8 Å². The fourth-order valence-electron chi connectivity index (χ4n) is 1.86. The van der Waals surface area contributed by atoms with E-state index in [1.807, 2.05) is 0 Å². The van der Waals surface area contributed by atoms with Crippen LogP contribution in [0.15, 0.2) is 6.33 Å². The maximum atomic E-state index is 11.7. The molecule has 1 saturated carbocycles. The van der Waals surface area contributed by atoms with Gasteiger partial charge in [0.05, 0.1) is 11.5 Å². The summed E-state index contributed by atoms with van der Waals surface area (Å²) in [7, 11) is 1.79. The summed E-state index contributed by atoms with van der Waals surface area (Å²) in [6.07, 6.45) is 2.78. The van der Waals surface area contributed by atoms with Crippen molar-refractivity contribution in [2.45, 2.75) is 25.8 Å². The second-order valence-electron chi connectivity index (χ2n) is 4.93. The van der Waals surface area contributed by atoms with E-state index in [9.17, 15) is 9.59 Å². The molecule has 2 rings (SSSR count). The molecule has 8 heteroatoms. The van der Waals surface area contributed by atoms with Crippen molar-refractivity contribution in [1.29, 1.82) is 0 Å². The number of rotatable bonds is 5. The summed E-state index contributed by atoms with van der Waals surface area (Å²) in [5.41, 5.74) is -0.759. The molecular weight excluding hydrogens is 250 g/mol. The predicted octanol–water partition coefficient (Wildman–Crippen LogP) is 0.0401. The van der Waals surface area contributed by atoms with Crippen molar-refractivity contribution in [3.05, 3.63) is 12.2 Å². The number of carboxylic acid groups (broad SMARTS) is 1. The second-order valence-corrected chi connectivity index (χ2v) is 4.93. The molecule has 0 aromatic carbocycles. The first-order valence-electron chi connectivity index (χ1n) is 6.06. The number of amides is 2. The van der Waals surface area contributed by atoms with Gasteiger partial charge < -0.3 is 20.3 Å². The number of carbonyl (C=O) groups excluding carboxylic acids is 1. The quantitative estimate of drug-likeness (QED) is 0.698. The van der Waals surface area contributed by atoms with E-state index in [0.29, 0.717) is 18.7 Å². The highest BCUT2D eigenvalue weighted by Gasteiger charge is 2.50. The Hall–Kier alpha value is -2.12. The minimum Gasteiger partial charge on any atom is -0.481 e. The van der Waals surface area contributed by atoms with Crippen LogP contribution in [0, 0.1) is 5.41 Å². The second kappa shape index (κ2) is 4.87. The van der Waals surface area contributed by atoms with Crippen molar-refractivity contribution in [3.63, 3.8) is 0 Å². The van der Waals surface area contributed by atoms with E-state index < -0.39 is 17.4 Å². The fourth-order valence-corrected chi connectivity index (χ4v) is 1.86. The lowest BCUT2D eigenvalue weighted by molar-refractivity contribution is -0.143. The van der Waals surface area contributed by atoms with Crippen molar-refractivity contribution in [2.75, 3.05) is 6.54 Å². The molecule has 2 amide bonds. The molecule has 1 fully saturated rings. The molecule has 1 atom stereocenters. The average Bonchev–Trinajstić information content (AvgIpc) is 3.03. The Balaban J connectivity index is 1.82. The van der Waals surface area contributed by atoms with Gasteiger partial charge in [-0.1, -0.05) is 0 Å². The molecular formula is C11H17N5O3. The van der Waals surface area contributed by atoms with Crippen LogP contribution in [-0.4, -0.2) is 38.4 Å². The Bertz CT molecular complexity index is 494. The van der Waals surface area contributed by atoms with Gasteiger partial charge in [0.15, 0.2) is 5.82 Å². The lowest BCUT2D eigenvalue weighted by atomic mass is 10.1. The van der Waals surface area contributed by atoms with E-state index >= 15 is 0 Å². The van der Waals surface area contributed by atoms with E-state index in [2.05, 4.69) is 20.8 Å². The zero-order chi connectivity index (χ0) is 14.0. The number of hydrogen-bond acceptors (Lipinski definition) is 4. The molecule has 0 radical (unpaired) electrons. The first-order chi connectivity index (χ1) is 8.94. The summed E-state index contributed by atoms with van der Waals surface area (Å²) in [6.45, 7) is 1.94. The van der Waals surface area contributed by atoms with Crippen molar-refractivity contribution in [3.8, 4) is 0 Å². The zero-order valence-electron chi connectivity index (χ0n) is 10.9. The highest BCUT2D eigenvalue weighted by atomic mass is 16.4. The average molecular weight is 267 g/mol. The first kappa shape index (κ1) is 13.3. The summed E-state index contributed by atoms with van der Waals surface area (Å²) < 4.78 is 1.71. The molecule has 1 aliphatic carbocycles. The van der Waals surface area contributed by atoms with Crippen LogP contribution >= 0.6 is 0 Å². The van der Waals surface area contributed by atoms with Crippen LogP contribution in [0.2, 0.25) is 0 Å². The highest BCUT2D eigenvalue weighted by molar-refractivity contribution is 5.80. The number of hydrogen-bond donors (Lipinski definition) is 3. The van der Waals surface area contributed by atoms with Crippen LogP contribution < -0.4 is 10.6 Å². The molecule has 1 aromatic heterocycles. The van der Waals surface area contributed by atoms with Gasteiger partial charge >= 0.3 is 12.0 Å². The molecule has 0 saturated heterocycles. The van der Waals surface area contributed by atoms with Crippen molar-refractivity contribution < 1.29 is 14.7 Å². The SMILES string of the molecule is CC(NC(=O)NCC1(C(=O)O)CC1)c1nncn1C. The first-order valence-corrected chi connectivity index (χ1v) is 6.06. The van der Waals surface area contributed by atoms with Gasteiger partial charge in [-0.2, -0.15) is 0 Å². The number of carbonyl (C=O) groups is 2. The summed E-state index contributed by atoms with van der Waals surface area (Å²) in [5, 5.41) is 21.9. The Morgan fingerprint density at radius 1 is 1.58 bits per heavy atom. The van der Waals surface area contributed by atoms with E-state index in [4.69, 9.17) is 5.11 Å². The van der Waals surface area contributed by atoms with Crippen molar-refractivity contribution >= 4 is 12.0 Å². The van der Waals surface area contributed by atoms with Gasteiger partial charge in [-0.3, -0.25) is 4.79 Å². The molecule has 104 valence electrons. The Labute approximate surface area is 110 Å². The summed E-state index contributed by atoms with van der Waals surface area (Å²) >= 11 is 0. The van der Waals surface area contributed by atoms with Gasteiger partial charge in [0.25, 0.3) is 0 Å². The topological polar surface area (TPSA) is 109 Å². The molecule has 1 heterocycles. The minimum atomic E-state index is -0.853. The molecule has 0 bridgehead atoms. The fraction of sp³-hybridized carbons (Fsp3) is 0.636. The minimum absolute atomic E-state index is 0.152. The summed E-state index contributed by atoms with van der Waals surface area (Å²) in [6, 6.07) is -0.699. The highest BCUT2D eigenvalue weighted by Crippen LogP contribution is 2.45. The van der Waals surface area contributed by atoms with Crippen LogP contribution in [0.3, 0.4) is 0 Å². The third kappa shape index (κ3) is 2.83. The molecule has 3 N–H and O–H groups in total. The van der Waals surface area contributed by atoms with Crippen LogP contribution in [0.5, 0.6) is 0 Å². The number of nitrogens with zero attached hydrogens (tertiary/aromatic N) is 3. The Morgan fingerprint density at radius 3 is 2.74 bits per heavy atom. The normalized spacial score (nSPS) is 17.6. The van der Waals surface area contributed by atoms with E-state index in [1.54, 1.807) is 24.9 Å². The predicted molar refractivity (Wildman–Crippen MR) is 65.3 cm³/mol. The lowest BCUT2D eigenvalue weighted by Crippen LogP contribution is -2.42. The van der Waals surface area contributed by atoms with Gasteiger partial charge in [0.2, 0.25) is 0 Å². The Morgan fingerprint density at radius 2 is 2.26 bits per heavy atom. The number of aromatic nitrogens is 3. The van der Waals surface area contributed by atoms with Crippen LogP contribution in [0.4, 0.5) is 4.79 Å². The number of nitrogens with one attached hydrogen (secondary N) is 2. The van der Waals surface area contributed by atoms with Gasteiger partial charge in [0, 0.05) is 13.6 Å². The number of urea groups is 1. The lowest BCUT2D eigenvalue weighted by Gasteiger charge is -2.15. The maximum Gasteiger partial charge on any atom is 0.315 e. The van der Waals surface area contributed by atoms with Gasteiger partial charge in [-0.05, 0) is 19.8 Å². The van der Waals surface area contributed by atoms with E-state index in [1.165, 1.54) is 0 Å². The molecule has 8 nitrogen and oxygen atoms in total. The molecule has 1 aromatic rings. The number of aryl methyl sites for hydroxylation is 1. The standard InChI is InChI=1S/C11H17N5O3/c1-7(8-15-13-6-16(8)2)14-10(19)12-5-11(3-4-11)9(17)18/h6-7H,3-5H2,1-2H3,(H,17,18)(H2,12,14,19). The molecule has 19 heavy (non-hydrogen) atoms. The Kier molecular flexibility index (Phi) is 3.41. The maximum absolute atomic E-state index is 11.7. The molecule has 0 aliphatic heterocycles. The van der Waals surface area contributed by atoms with Crippen molar-refractivity contribution in [2.24, 2.45) is 12.5 Å². The molecule has 0 spiro atoms. The monoisotopic (exact) mass is 267 g/mol. The summed E-state index contributed by atoms with van der Waals surface area (Å²) in [5.74, 6) is -0.219. The third-order valence-electron chi connectivity index (χ3n) is 3.38. The van der Waals surface area contributed by atoms with Crippen LogP contribution in [0.1, 0.15) is 31.6 Å².